The average molecular weight is 333 g/mol. The van der Waals surface area contributed by atoms with E-state index in [1.54, 1.807) is 12.1 Å². The number of likely N-dealkylation sites (tertiary alicyclic amines) is 1. The van der Waals surface area contributed by atoms with Crippen LogP contribution in [-0.2, 0) is 16.1 Å². The average Bonchev–Trinajstić information content (AvgIpc) is 3.00. The van der Waals surface area contributed by atoms with Gasteiger partial charge in [-0.2, -0.15) is 0 Å². The molecule has 1 fully saturated rings. The van der Waals surface area contributed by atoms with Gasteiger partial charge in [-0.3, -0.25) is 14.5 Å². The third kappa shape index (κ3) is 5.53. The molecule has 1 saturated heterocycles. The molecule has 0 saturated carbocycles. The molecular weight excluding hydrogens is 306 g/mol. The van der Waals surface area contributed by atoms with Gasteiger partial charge in [0.05, 0.1) is 6.54 Å². The lowest BCUT2D eigenvalue weighted by molar-refractivity contribution is -0.123. The Morgan fingerprint density at radius 3 is 2.67 bits per heavy atom. The zero-order valence-electron chi connectivity index (χ0n) is 14.5. The molecule has 0 bridgehead atoms. The van der Waals surface area contributed by atoms with E-state index in [9.17, 15) is 9.59 Å². The molecule has 0 spiro atoms. The van der Waals surface area contributed by atoms with Crippen molar-refractivity contribution < 1.29 is 14.3 Å². The number of benzene rings is 1. The number of nitrogens with zero attached hydrogens (tertiary/aromatic N) is 1. The number of amides is 2. The summed E-state index contributed by atoms with van der Waals surface area (Å²) in [4.78, 5) is 25.1. The van der Waals surface area contributed by atoms with Crippen molar-refractivity contribution in [1.82, 2.24) is 10.2 Å². The lowest BCUT2D eigenvalue weighted by Crippen LogP contribution is -2.41. The second-order valence-electron chi connectivity index (χ2n) is 6.60. The summed E-state index contributed by atoms with van der Waals surface area (Å²) in [6.07, 6.45) is 2.35. The van der Waals surface area contributed by atoms with E-state index in [1.165, 1.54) is 12.8 Å². The Balaban J connectivity index is 1.76. The van der Waals surface area contributed by atoms with E-state index in [0.29, 0.717) is 30.8 Å². The number of rotatable bonds is 8. The van der Waals surface area contributed by atoms with Gasteiger partial charge in [0.25, 0.3) is 5.91 Å². The molecule has 0 aromatic heterocycles. The van der Waals surface area contributed by atoms with E-state index in [4.69, 9.17) is 10.5 Å². The highest BCUT2D eigenvalue weighted by atomic mass is 16.5. The zero-order chi connectivity index (χ0) is 17.5. The van der Waals surface area contributed by atoms with E-state index in [0.717, 1.165) is 12.1 Å². The van der Waals surface area contributed by atoms with Gasteiger partial charge in [0.1, 0.15) is 5.75 Å². The molecule has 1 atom stereocenters. The summed E-state index contributed by atoms with van der Waals surface area (Å²) in [5.41, 5.74) is 6.01. The Hall–Kier alpha value is -2.08. The topological polar surface area (TPSA) is 84.7 Å². The van der Waals surface area contributed by atoms with Crippen LogP contribution in [0.4, 0.5) is 0 Å². The molecule has 1 aromatic rings. The van der Waals surface area contributed by atoms with Crippen LogP contribution >= 0.6 is 0 Å². The van der Waals surface area contributed by atoms with Crippen LogP contribution in [0.3, 0.4) is 0 Å². The van der Waals surface area contributed by atoms with Crippen molar-refractivity contribution in [3.63, 3.8) is 0 Å². The number of nitrogens with two attached hydrogens (primary N) is 1. The van der Waals surface area contributed by atoms with Crippen LogP contribution < -0.4 is 15.8 Å². The first-order valence-electron chi connectivity index (χ1n) is 8.46. The maximum Gasteiger partial charge on any atom is 0.255 e. The molecule has 0 unspecified atom stereocenters. The highest BCUT2D eigenvalue weighted by molar-refractivity contribution is 5.78. The van der Waals surface area contributed by atoms with Crippen molar-refractivity contribution in [3.05, 3.63) is 29.8 Å². The molecule has 3 N–H and O–H groups in total. The van der Waals surface area contributed by atoms with Crippen molar-refractivity contribution in [3.8, 4) is 5.75 Å². The molecule has 24 heavy (non-hydrogen) atoms. The van der Waals surface area contributed by atoms with Crippen LogP contribution in [-0.4, -0.2) is 42.5 Å². The Bertz CT molecular complexity index is 557. The van der Waals surface area contributed by atoms with Gasteiger partial charge in [-0.25, -0.2) is 0 Å². The van der Waals surface area contributed by atoms with Crippen molar-refractivity contribution in [1.29, 1.82) is 0 Å². The predicted molar refractivity (Wildman–Crippen MR) is 92.4 cm³/mol. The Morgan fingerprint density at radius 2 is 2.04 bits per heavy atom. The molecule has 1 aromatic carbocycles. The van der Waals surface area contributed by atoms with E-state index < -0.39 is 5.91 Å². The second kappa shape index (κ2) is 8.68. The van der Waals surface area contributed by atoms with Gasteiger partial charge in [0, 0.05) is 12.6 Å². The fourth-order valence-corrected chi connectivity index (χ4v) is 3.10. The minimum atomic E-state index is -0.507. The first-order chi connectivity index (χ1) is 11.5. The van der Waals surface area contributed by atoms with Crippen LogP contribution in [0.5, 0.6) is 5.75 Å². The lowest BCUT2D eigenvalue weighted by atomic mass is 10.0. The summed E-state index contributed by atoms with van der Waals surface area (Å²) < 4.78 is 5.20. The van der Waals surface area contributed by atoms with Crippen molar-refractivity contribution >= 4 is 11.8 Å². The molecule has 0 aliphatic carbocycles. The van der Waals surface area contributed by atoms with Gasteiger partial charge in [-0.15, -0.1) is 0 Å². The number of hydrogen-bond donors (Lipinski definition) is 2. The standard InChI is InChI=1S/C18H27N3O3/c1-13(2)16-4-3-9-21(16)11-18(23)20-10-14-5-7-15(8-6-14)24-12-17(19)22/h5-8,13,16H,3-4,9-12H2,1-2H3,(H2,19,22)(H,20,23)/t16-/m1/s1. The largest absolute Gasteiger partial charge is 0.484 e. The number of carbonyl (C=O) groups is 2. The van der Waals surface area contributed by atoms with Gasteiger partial charge in [0.2, 0.25) is 5.91 Å². The van der Waals surface area contributed by atoms with Crippen molar-refractivity contribution in [2.75, 3.05) is 19.7 Å². The first-order valence-corrected chi connectivity index (χ1v) is 8.46. The van der Waals surface area contributed by atoms with Gasteiger partial charge in [0.15, 0.2) is 6.61 Å². The van der Waals surface area contributed by atoms with Crippen molar-refractivity contribution in [2.45, 2.75) is 39.3 Å². The minimum Gasteiger partial charge on any atom is -0.484 e. The second-order valence-corrected chi connectivity index (χ2v) is 6.60. The quantitative estimate of drug-likeness (QED) is 0.751. The zero-order valence-corrected chi connectivity index (χ0v) is 14.5. The Kier molecular flexibility index (Phi) is 6.61. The molecule has 6 nitrogen and oxygen atoms in total. The Morgan fingerprint density at radius 1 is 1.33 bits per heavy atom. The molecule has 6 heteroatoms. The number of hydrogen-bond acceptors (Lipinski definition) is 4. The fourth-order valence-electron chi connectivity index (χ4n) is 3.10. The molecule has 0 radical (unpaired) electrons. The third-order valence-corrected chi connectivity index (χ3v) is 4.32. The molecule has 1 aliphatic heterocycles. The van der Waals surface area contributed by atoms with Crippen LogP contribution in [0.2, 0.25) is 0 Å². The fraction of sp³-hybridized carbons (Fsp3) is 0.556. The summed E-state index contributed by atoms with van der Waals surface area (Å²) in [6.45, 7) is 6.23. The van der Waals surface area contributed by atoms with E-state index in [-0.39, 0.29) is 12.5 Å². The van der Waals surface area contributed by atoms with Crippen molar-refractivity contribution in [2.24, 2.45) is 11.7 Å². The summed E-state index contributed by atoms with van der Waals surface area (Å²) in [5, 5.41) is 2.96. The lowest BCUT2D eigenvalue weighted by Gasteiger charge is -2.26. The van der Waals surface area contributed by atoms with Crippen LogP contribution in [0, 0.1) is 5.92 Å². The number of ether oxygens (including phenoxy) is 1. The highest BCUT2D eigenvalue weighted by Gasteiger charge is 2.28. The van der Waals surface area contributed by atoms with Gasteiger partial charge in [-0.1, -0.05) is 26.0 Å². The molecule has 132 valence electrons. The van der Waals surface area contributed by atoms with E-state index in [2.05, 4.69) is 24.1 Å². The maximum atomic E-state index is 12.2. The van der Waals surface area contributed by atoms with Crippen LogP contribution in [0.25, 0.3) is 0 Å². The molecular formula is C18H27N3O3. The predicted octanol–water partition coefficient (Wildman–Crippen LogP) is 1.29. The number of primary amides is 1. The summed E-state index contributed by atoms with van der Waals surface area (Å²) in [6, 6.07) is 7.77. The normalized spacial score (nSPS) is 17.9. The van der Waals surface area contributed by atoms with Crippen LogP contribution in [0.15, 0.2) is 24.3 Å². The SMILES string of the molecule is CC(C)[C@H]1CCCN1CC(=O)NCc1ccc(OCC(N)=O)cc1. The smallest absolute Gasteiger partial charge is 0.255 e. The number of carbonyl (C=O) groups excluding carboxylic acids is 2. The first kappa shape index (κ1) is 18.3. The summed E-state index contributed by atoms with van der Waals surface area (Å²) >= 11 is 0. The van der Waals surface area contributed by atoms with Gasteiger partial charge >= 0.3 is 0 Å². The molecule has 1 aliphatic rings. The van der Waals surface area contributed by atoms with Gasteiger partial charge < -0.3 is 15.8 Å². The van der Waals surface area contributed by atoms with Gasteiger partial charge in [-0.05, 0) is 43.0 Å². The highest BCUT2D eigenvalue weighted by Crippen LogP contribution is 2.23. The third-order valence-electron chi connectivity index (χ3n) is 4.32. The molecule has 1 heterocycles. The Labute approximate surface area is 143 Å². The minimum absolute atomic E-state index is 0.0524. The maximum absolute atomic E-state index is 12.2. The molecule has 2 rings (SSSR count). The van der Waals surface area contributed by atoms with E-state index >= 15 is 0 Å². The summed E-state index contributed by atoms with van der Waals surface area (Å²) in [7, 11) is 0. The van der Waals surface area contributed by atoms with E-state index in [1.807, 2.05) is 12.1 Å². The molecule has 2 amide bonds. The number of nitrogens with one attached hydrogen (secondary N) is 1. The monoisotopic (exact) mass is 333 g/mol. The summed E-state index contributed by atoms with van der Waals surface area (Å²) in [5.74, 6) is 0.707. The van der Waals surface area contributed by atoms with Crippen LogP contribution in [0.1, 0.15) is 32.3 Å².